The average Bonchev–Trinajstić information content (AvgIpc) is 2.30. The fourth-order valence-electron chi connectivity index (χ4n) is 1.37. The van der Waals surface area contributed by atoms with E-state index < -0.39 is 0 Å². The van der Waals surface area contributed by atoms with Crippen molar-refractivity contribution in [2.75, 3.05) is 17.6 Å². The van der Waals surface area contributed by atoms with Crippen molar-refractivity contribution in [2.24, 2.45) is 5.73 Å². The van der Waals surface area contributed by atoms with Crippen LogP contribution in [0.5, 0.6) is 0 Å². The van der Waals surface area contributed by atoms with E-state index in [1.807, 2.05) is 0 Å². The molecule has 0 bridgehead atoms. The largest absolute Gasteiger partial charge is 0.383 e. The molecule has 6 nitrogen and oxygen atoms in total. The van der Waals surface area contributed by atoms with Gasteiger partial charge in [-0.15, -0.1) is 24.8 Å². The minimum Gasteiger partial charge on any atom is -0.383 e. The standard InChI is InChI=1S/C10H11N5O.2ClH/c11-4-9(16)15-6-1-2-8-7(3-6)10(12)14-5-13-8;;/h1-3,5H,4,11H2,(H,15,16)(H2,12,13,14);2*1H. The number of fused-ring (bicyclic) bond motifs is 1. The predicted molar refractivity (Wildman–Crippen MR) is 76.1 cm³/mol. The molecule has 0 saturated heterocycles. The Bertz CT molecular complexity index is 549. The second-order valence-electron chi connectivity index (χ2n) is 3.24. The van der Waals surface area contributed by atoms with Gasteiger partial charge in [0.2, 0.25) is 5.91 Å². The van der Waals surface area contributed by atoms with Crippen molar-refractivity contribution in [2.45, 2.75) is 0 Å². The number of anilines is 2. The summed E-state index contributed by atoms with van der Waals surface area (Å²) in [5.41, 5.74) is 12.3. The highest BCUT2D eigenvalue weighted by Gasteiger charge is 2.03. The van der Waals surface area contributed by atoms with Crippen molar-refractivity contribution in [1.82, 2.24) is 9.97 Å². The van der Waals surface area contributed by atoms with Crippen molar-refractivity contribution >= 4 is 53.1 Å². The highest BCUT2D eigenvalue weighted by atomic mass is 35.5. The maximum absolute atomic E-state index is 11.1. The topological polar surface area (TPSA) is 107 Å². The van der Waals surface area contributed by atoms with Crippen LogP contribution < -0.4 is 16.8 Å². The summed E-state index contributed by atoms with van der Waals surface area (Å²) < 4.78 is 0. The summed E-state index contributed by atoms with van der Waals surface area (Å²) in [4.78, 5) is 19.0. The van der Waals surface area contributed by atoms with Crippen LogP contribution in [0.3, 0.4) is 0 Å². The molecular formula is C10H13Cl2N5O. The van der Waals surface area contributed by atoms with Crippen molar-refractivity contribution in [3.63, 3.8) is 0 Å². The van der Waals surface area contributed by atoms with Crippen molar-refractivity contribution in [3.8, 4) is 0 Å². The van der Waals surface area contributed by atoms with E-state index in [1.54, 1.807) is 18.2 Å². The number of amides is 1. The van der Waals surface area contributed by atoms with E-state index in [9.17, 15) is 4.79 Å². The van der Waals surface area contributed by atoms with Gasteiger partial charge in [-0.2, -0.15) is 0 Å². The Balaban J connectivity index is 0.00000144. The molecule has 8 heteroatoms. The lowest BCUT2D eigenvalue weighted by Gasteiger charge is -2.05. The van der Waals surface area contributed by atoms with Gasteiger partial charge < -0.3 is 16.8 Å². The Labute approximate surface area is 116 Å². The van der Waals surface area contributed by atoms with Gasteiger partial charge in [0.15, 0.2) is 0 Å². The number of carbonyl (C=O) groups is 1. The van der Waals surface area contributed by atoms with Crippen LogP contribution in [0.15, 0.2) is 24.5 Å². The van der Waals surface area contributed by atoms with Gasteiger partial charge in [0.25, 0.3) is 0 Å². The zero-order valence-corrected chi connectivity index (χ0v) is 10.9. The number of nitrogen functional groups attached to an aromatic ring is 1. The van der Waals surface area contributed by atoms with Gasteiger partial charge in [-0.3, -0.25) is 4.79 Å². The lowest BCUT2D eigenvalue weighted by molar-refractivity contribution is -0.114. The summed E-state index contributed by atoms with van der Waals surface area (Å²) >= 11 is 0. The van der Waals surface area contributed by atoms with Crippen molar-refractivity contribution in [1.29, 1.82) is 0 Å². The molecule has 2 rings (SSSR count). The molecule has 0 saturated carbocycles. The number of rotatable bonds is 2. The molecule has 1 amide bonds. The smallest absolute Gasteiger partial charge is 0.238 e. The van der Waals surface area contributed by atoms with Crippen LogP contribution in [0.4, 0.5) is 11.5 Å². The Hall–Kier alpha value is -1.63. The fourth-order valence-corrected chi connectivity index (χ4v) is 1.37. The zero-order valence-electron chi connectivity index (χ0n) is 9.29. The molecule has 1 heterocycles. The number of nitrogens with one attached hydrogen (secondary N) is 1. The normalized spacial score (nSPS) is 9.17. The molecule has 0 aliphatic heterocycles. The lowest BCUT2D eigenvalue weighted by Crippen LogP contribution is -2.21. The van der Waals surface area contributed by atoms with E-state index in [1.165, 1.54) is 6.33 Å². The highest BCUT2D eigenvalue weighted by Crippen LogP contribution is 2.20. The van der Waals surface area contributed by atoms with E-state index in [0.717, 1.165) is 5.52 Å². The molecule has 98 valence electrons. The highest BCUT2D eigenvalue weighted by molar-refractivity contribution is 5.96. The maximum Gasteiger partial charge on any atom is 0.238 e. The van der Waals surface area contributed by atoms with Gasteiger partial charge in [0, 0.05) is 11.1 Å². The third-order valence-electron chi connectivity index (χ3n) is 2.14. The number of nitrogens with zero attached hydrogens (tertiary/aromatic N) is 2. The first-order valence-corrected chi connectivity index (χ1v) is 4.71. The van der Waals surface area contributed by atoms with Crippen LogP contribution in [0, 0.1) is 0 Å². The summed E-state index contributed by atoms with van der Waals surface area (Å²) in [5, 5.41) is 3.34. The third kappa shape index (κ3) is 3.43. The maximum atomic E-state index is 11.1. The van der Waals surface area contributed by atoms with Crippen LogP contribution in [-0.2, 0) is 4.79 Å². The van der Waals surface area contributed by atoms with E-state index in [0.29, 0.717) is 16.9 Å². The molecule has 0 spiro atoms. The third-order valence-corrected chi connectivity index (χ3v) is 2.14. The summed E-state index contributed by atoms with van der Waals surface area (Å²) in [6.07, 6.45) is 1.40. The number of carbonyl (C=O) groups excluding carboxylic acids is 1. The lowest BCUT2D eigenvalue weighted by atomic mass is 10.2. The predicted octanol–water partition coefficient (Wildman–Crippen LogP) is 0.953. The minimum absolute atomic E-state index is 0. The molecule has 0 radical (unpaired) electrons. The number of aromatic nitrogens is 2. The van der Waals surface area contributed by atoms with E-state index in [4.69, 9.17) is 11.5 Å². The molecule has 0 aliphatic carbocycles. The molecule has 18 heavy (non-hydrogen) atoms. The number of nitrogens with two attached hydrogens (primary N) is 2. The summed E-state index contributed by atoms with van der Waals surface area (Å²) in [6, 6.07) is 5.22. The molecule has 5 N–H and O–H groups in total. The molecule has 0 aliphatic rings. The number of hydrogen-bond donors (Lipinski definition) is 3. The quantitative estimate of drug-likeness (QED) is 0.763. The van der Waals surface area contributed by atoms with Crippen LogP contribution in [0.25, 0.3) is 10.9 Å². The molecular weight excluding hydrogens is 277 g/mol. The van der Waals surface area contributed by atoms with Crippen LogP contribution in [-0.4, -0.2) is 22.4 Å². The second kappa shape index (κ2) is 6.95. The molecule has 0 unspecified atom stereocenters. The van der Waals surface area contributed by atoms with Crippen LogP contribution in [0.1, 0.15) is 0 Å². The Morgan fingerprint density at radius 2 is 2.00 bits per heavy atom. The summed E-state index contributed by atoms with van der Waals surface area (Å²) in [5.74, 6) is 0.128. The first-order valence-electron chi connectivity index (χ1n) is 4.71. The van der Waals surface area contributed by atoms with Gasteiger partial charge in [-0.1, -0.05) is 0 Å². The minimum atomic E-state index is -0.255. The first-order chi connectivity index (χ1) is 7.70. The fraction of sp³-hybridized carbons (Fsp3) is 0.100. The summed E-state index contributed by atoms with van der Waals surface area (Å²) in [7, 11) is 0. The average molecular weight is 290 g/mol. The monoisotopic (exact) mass is 289 g/mol. The SMILES string of the molecule is Cl.Cl.NCC(=O)Nc1ccc2ncnc(N)c2c1. The van der Waals surface area contributed by atoms with Crippen molar-refractivity contribution in [3.05, 3.63) is 24.5 Å². The van der Waals surface area contributed by atoms with Gasteiger partial charge in [-0.25, -0.2) is 9.97 Å². The molecule has 2 aromatic rings. The first kappa shape index (κ1) is 16.4. The molecule has 1 aromatic heterocycles. The molecule has 0 atom stereocenters. The van der Waals surface area contributed by atoms with Gasteiger partial charge in [0.1, 0.15) is 12.1 Å². The van der Waals surface area contributed by atoms with Crippen molar-refractivity contribution < 1.29 is 4.79 Å². The van der Waals surface area contributed by atoms with E-state index >= 15 is 0 Å². The van der Waals surface area contributed by atoms with Gasteiger partial charge in [-0.05, 0) is 18.2 Å². The number of hydrogen-bond acceptors (Lipinski definition) is 5. The number of benzene rings is 1. The van der Waals surface area contributed by atoms with Gasteiger partial charge >= 0.3 is 0 Å². The molecule has 1 aromatic carbocycles. The van der Waals surface area contributed by atoms with Gasteiger partial charge in [0.05, 0.1) is 12.1 Å². The second-order valence-corrected chi connectivity index (χ2v) is 3.24. The Morgan fingerprint density at radius 3 is 2.67 bits per heavy atom. The van der Waals surface area contributed by atoms with E-state index in [2.05, 4.69) is 15.3 Å². The molecule has 0 fully saturated rings. The number of halogens is 2. The van der Waals surface area contributed by atoms with E-state index in [-0.39, 0.29) is 37.3 Å². The zero-order chi connectivity index (χ0) is 11.5. The van der Waals surface area contributed by atoms with Crippen LogP contribution in [0.2, 0.25) is 0 Å². The van der Waals surface area contributed by atoms with Crippen LogP contribution >= 0.6 is 24.8 Å². The Kier molecular flexibility index (Phi) is 6.32. The summed E-state index contributed by atoms with van der Waals surface area (Å²) in [6.45, 7) is -0.0567. The Morgan fingerprint density at radius 1 is 1.28 bits per heavy atom.